The molecule has 1 amide bonds. The fraction of sp³-hybridized carbons (Fsp3) is 0.500. The van der Waals surface area contributed by atoms with Gasteiger partial charge in [0.2, 0.25) is 10.0 Å². The molecule has 1 aliphatic heterocycles. The number of esters is 1. The molecule has 156 valence electrons. The van der Waals surface area contributed by atoms with Crippen molar-refractivity contribution in [2.24, 2.45) is 17.8 Å². The molecule has 2 bridgehead atoms. The van der Waals surface area contributed by atoms with Crippen LogP contribution in [0.4, 0.5) is 5.69 Å². The lowest BCUT2D eigenvalue weighted by molar-refractivity contribution is -0.152. The zero-order chi connectivity index (χ0) is 20.4. The van der Waals surface area contributed by atoms with E-state index in [4.69, 9.17) is 9.47 Å². The zero-order valence-corrected chi connectivity index (χ0v) is 16.8. The van der Waals surface area contributed by atoms with Crippen molar-refractivity contribution in [2.75, 3.05) is 38.2 Å². The number of rotatable bonds is 6. The molecule has 29 heavy (non-hydrogen) atoms. The summed E-state index contributed by atoms with van der Waals surface area (Å²) in [6.45, 7) is 0.926. The van der Waals surface area contributed by atoms with Gasteiger partial charge < -0.3 is 14.8 Å². The molecule has 2 fully saturated rings. The van der Waals surface area contributed by atoms with Crippen LogP contribution >= 0.6 is 0 Å². The molecule has 9 heteroatoms. The van der Waals surface area contributed by atoms with Crippen molar-refractivity contribution in [3.8, 4) is 0 Å². The normalized spacial score (nSPS) is 26.4. The van der Waals surface area contributed by atoms with Crippen molar-refractivity contribution in [2.45, 2.75) is 17.7 Å². The molecule has 8 nitrogen and oxygen atoms in total. The second kappa shape index (κ2) is 8.25. The van der Waals surface area contributed by atoms with E-state index >= 15 is 0 Å². The number of nitrogens with one attached hydrogen (secondary N) is 1. The van der Waals surface area contributed by atoms with Gasteiger partial charge in [-0.1, -0.05) is 18.2 Å². The highest BCUT2D eigenvalue weighted by Gasteiger charge is 2.40. The molecular weight excluding hydrogens is 396 g/mol. The van der Waals surface area contributed by atoms with Gasteiger partial charge in [0.25, 0.3) is 5.91 Å². The maximum Gasteiger partial charge on any atom is 0.310 e. The van der Waals surface area contributed by atoms with E-state index in [0.717, 1.165) is 12.8 Å². The van der Waals surface area contributed by atoms with Crippen LogP contribution in [-0.4, -0.2) is 57.5 Å². The van der Waals surface area contributed by atoms with Crippen LogP contribution < -0.4 is 5.32 Å². The molecule has 0 spiro atoms. The summed E-state index contributed by atoms with van der Waals surface area (Å²) in [4.78, 5) is 24.5. The summed E-state index contributed by atoms with van der Waals surface area (Å²) in [5, 5.41) is 2.60. The molecule has 2 aliphatic carbocycles. The monoisotopic (exact) mass is 420 g/mol. The van der Waals surface area contributed by atoms with E-state index in [1.165, 1.54) is 16.4 Å². The minimum Gasteiger partial charge on any atom is -0.455 e. The number of hydrogen-bond acceptors (Lipinski definition) is 6. The van der Waals surface area contributed by atoms with E-state index in [9.17, 15) is 18.0 Å². The Balaban J connectivity index is 1.33. The first-order chi connectivity index (χ1) is 13.9. The molecule has 1 saturated carbocycles. The quantitative estimate of drug-likeness (QED) is 0.551. The zero-order valence-electron chi connectivity index (χ0n) is 16.0. The second-order valence-electron chi connectivity index (χ2n) is 7.59. The number of allylic oxidation sites excluding steroid dienone is 2. The summed E-state index contributed by atoms with van der Waals surface area (Å²) in [5.74, 6) is -0.349. The van der Waals surface area contributed by atoms with E-state index in [0.29, 0.717) is 37.9 Å². The lowest BCUT2D eigenvalue weighted by Gasteiger charge is -2.26. The molecule has 1 heterocycles. The van der Waals surface area contributed by atoms with Crippen molar-refractivity contribution >= 4 is 27.6 Å². The lowest BCUT2D eigenvalue weighted by Crippen LogP contribution is -2.40. The van der Waals surface area contributed by atoms with Crippen LogP contribution in [0.1, 0.15) is 12.8 Å². The molecule has 0 aromatic heterocycles. The van der Waals surface area contributed by atoms with Gasteiger partial charge in [0.15, 0.2) is 6.61 Å². The number of amides is 1. The molecule has 3 aliphatic rings. The number of sulfonamides is 1. The fourth-order valence-electron chi connectivity index (χ4n) is 4.16. The van der Waals surface area contributed by atoms with Crippen molar-refractivity contribution in [3.63, 3.8) is 0 Å². The number of anilines is 1. The number of morpholine rings is 1. The minimum atomic E-state index is -3.65. The summed E-state index contributed by atoms with van der Waals surface area (Å²) in [7, 11) is -3.65. The molecule has 4 rings (SSSR count). The van der Waals surface area contributed by atoms with Crippen LogP contribution in [0.3, 0.4) is 0 Å². The number of fused-ring (bicyclic) bond motifs is 2. The van der Waals surface area contributed by atoms with Crippen LogP contribution in [0, 0.1) is 17.8 Å². The number of carbonyl (C=O) groups excluding carboxylic acids is 2. The van der Waals surface area contributed by atoms with Crippen LogP contribution in [-0.2, 0) is 29.1 Å². The number of hydrogen-bond donors (Lipinski definition) is 1. The molecule has 0 radical (unpaired) electrons. The average molecular weight is 420 g/mol. The van der Waals surface area contributed by atoms with Gasteiger partial charge in [0.1, 0.15) is 0 Å². The third-order valence-electron chi connectivity index (χ3n) is 5.65. The Labute approximate surface area is 169 Å². The summed E-state index contributed by atoms with van der Waals surface area (Å²) >= 11 is 0. The smallest absolute Gasteiger partial charge is 0.310 e. The van der Waals surface area contributed by atoms with Crippen molar-refractivity contribution in [1.82, 2.24) is 4.31 Å². The Bertz CT molecular complexity index is 923. The minimum absolute atomic E-state index is 0.1000. The van der Waals surface area contributed by atoms with Crippen LogP contribution in [0.15, 0.2) is 41.3 Å². The van der Waals surface area contributed by atoms with Gasteiger partial charge in [-0.3, -0.25) is 9.59 Å². The predicted molar refractivity (Wildman–Crippen MR) is 104 cm³/mol. The molecular formula is C20H24N2O6S. The van der Waals surface area contributed by atoms with Gasteiger partial charge in [0.05, 0.1) is 24.0 Å². The average Bonchev–Trinajstić information content (AvgIpc) is 3.37. The molecule has 1 aromatic carbocycles. The third-order valence-corrected chi connectivity index (χ3v) is 7.55. The Morgan fingerprint density at radius 1 is 1.17 bits per heavy atom. The van der Waals surface area contributed by atoms with Gasteiger partial charge in [-0.25, -0.2) is 8.42 Å². The number of nitrogens with zero attached hydrogens (tertiary/aromatic N) is 1. The molecule has 1 N–H and O–H groups in total. The highest BCUT2D eigenvalue weighted by molar-refractivity contribution is 7.89. The van der Waals surface area contributed by atoms with Crippen molar-refractivity contribution in [3.05, 3.63) is 36.4 Å². The standard InChI is InChI=1S/C20H24N2O6S/c23-19(13-28-20(24)18-11-14-4-5-15(18)10-14)21-16-2-1-3-17(12-16)29(25,26)22-6-8-27-9-7-22/h1-5,12,14-15,18H,6-11,13H2,(H,21,23)/t14-,15+,18-/m1/s1. The molecule has 3 atom stereocenters. The first-order valence-electron chi connectivity index (χ1n) is 9.76. The number of carbonyl (C=O) groups is 2. The van der Waals surface area contributed by atoms with E-state index in [1.54, 1.807) is 12.1 Å². The summed E-state index contributed by atoms with van der Waals surface area (Å²) < 4.78 is 37.2. The van der Waals surface area contributed by atoms with Crippen LogP contribution in [0.25, 0.3) is 0 Å². The third kappa shape index (κ3) is 4.36. The van der Waals surface area contributed by atoms with E-state index in [-0.39, 0.29) is 22.7 Å². The van der Waals surface area contributed by atoms with E-state index < -0.39 is 22.5 Å². The Morgan fingerprint density at radius 2 is 1.97 bits per heavy atom. The summed E-state index contributed by atoms with van der Waals surface area (Å²) in [6.07, 6.45) is 5.96. The van der Waals surface area contributed by atoms with Gasteiger partial charge in [-0.15, -0.1) is 0 Å². The highest BCUT2D eigenvalue weighted by atomic mass is 32.2. The number of ether oxygens (including phenoxy) is 2. The fourth-order valence-corrected chi connectivity index (χ4v) is 5.62. The van der Waals surface area contributed by atoms with Crippen molar-refractivity contribution < 1.29 is 27.5 Å². The van der Waals surface area contributed by atoms with Gasteiger partial charge in [0, 0.05) is 18.8 Å². The van der Waals surface area contributed by atoms with Crippen molar-refractivity contribution in [1.29, 1.82) is 0 Å². The SMILES string of the molecule is O=C(COC(=O)[C@@H]1C[C@@H]2C=C[C@H]1C2)Nc1cccc(S(=O)(=O)N2CCOCC2)c1. The highest BCUT2D eigenvalue weighted by Crippen LogP contribution is 2.43. The van der Waals surface area contributed by atoms with Crippen LogP contribution in [0.5, 0.6) is 0 Å². The predicted octanol–water partition coefficient (Wildman–Crippen LogP) is 1.40. The van der Waals surface area contributed by atoms with Gasteiger partial charge >= 0.3 is 5.97 Å². The second-order valence-corrected chi connectivity index (χ2v) is 9.52. The maximum absolute atomic E-state index is 12.7. The van der Waals surface area contributed by atoms with Gasteiger partial charge in [-0.05, 0) is 42.9 Å². The Kier molecular flexibility index (Phi) is 5.71. The molecule has 0 unspecified atom stereocenters. The van der Waals surface area contributed by atoms with Gasteiger partial charge in [-0.2, -0.15) is 4.31 Å². The van der Waals surface area contributed by atoms with E-state index in [2.05, 4.69) is 17.5 Å². The first kappa shape index (κ1) is 20.1. The maximum atomic E-state index is 12.7. The largest absolute Gasteiger partial charge is 0.455 e. The Morgan fingerprint density at radius 3 is 2.66 bits per heavy atom. The Hall–Kier alpha value is -2.23. The van der Waals surface area contributed by atoms with E-state index in [1.807, 2.05) is 0 Å². The van der Waals surface area contributed by atoms with Crippen LogP contribution in [0.2, 0.25) is 0 Å². The first-order valence-corrected chi connectivity index (χ1v) is 11.2. The number of benzene rings is 1. The summed E-state index contributed by atoms with van der Waals surface area (Å²) in [5.41, 5.74) is 0.336. The topological polar surface area (TPSA) is 102 Å². The summed E-state index contributed by atoms with van der Waals surface area (Å²) in [6, 6.07) is 6.06. The molecule has 1 aromatic rings. The lowest BCUT2D eigenvalue weighted by atomic mass is 9.94. The molecule has 1 saturated heterocycles.